The summed E-state index contributed by atoms with van der Waals surface area (Å²) in [5.41, 5.74) is -0.456. The van der Waals surface area contributed by atoms with Crippen LogP contribution in [0.25, 0.3) is 28.0 Å². The number of nitrogens with one attached hydrogen (secondary N) is 1. The Balaban J connectivity index is 1.68. The van der Waals surface area contributed by atoms with Crippen molar-refractivity contribution in [3.63, 3.8) is 0 Å². The molecular formula is C27H26F3N5O4. The number of ether oxygens (including phenoxy) is 2. The third-order valence-electron chi connectivity index (χ3n) is 6.43. The van der Waals surface area contributed by atoms with Gasteiger partial charge in [0, 0.05) is 36.4 Å². The lowest BCUT2D eigenvalue weighted by atomic mass is 10.0. The number of rotatable bonds is 7. The number of aliphatic hydroxyl groups is 1. The molecular weight excluding hydrogens is 515 g/mol. The molecule has 0 saturated carbocycles. The summed E-state index contributed by atoms with van der Waals surface area (Å²) in [6.45, 7) is 4.13. The number of fused-ring (bicyclic) bond motifs is 1. The van der Waals surface area contributed by atoms with E-state index in [1.807, 2.05) is 0 Å². The number of amides is 1. The van der Waals surface area contributed by atoms with E-state index in [9.17, 15) is 18.7 Å². The molecule has 3 aromatic heterocycles. The second-order valence-corrected chi connectivity index (χ2v) is 9.68. The summed E-state index contributed by atoms with van der Waals surface area (Å²) in [7, 11) is 1.35. The fourth-order valence-electron chi connectivity index (χ4n) is 4.32. The van der Waals surface area contributed by atoms with Crippen LogP contribution in [-0.4, -0.2) is 57.0 Å². The Bertz CT molecular complexity index is 1530. The van der Waals surface area contributed by atoms with Gasteiger partial charge in [-0.3, -0.25) is 9.78 Å². The lowest BCUT2D eigenvalue weighted by Crippen LogP contribution is -2.19. The maximum Gasteiger partial charge on any atom is 0.266 e. The van der Waals surface area contributed by atoms with E-state index >= 15 is 4.39 Å². The van der Waals surface area contributed by atoms with E-state index in [0.29, 0.717) is 36.5 Å². The van der Waals surface area contributed by atoms with E-state index in [0.717, 1.165) is 6.07 Å². The van der Waals surface area contributed by atoms with E-state index in [1.165, 1.54) is 23.8 Å². The molecule has 0 spiro atoms. The molecule has 1 aliphatic rings. The van der Waals surface area contributed by atoms with Crippen LogP contribution in [0, 0.1) is 5.82 Å². The maximum atomic E-state index is 15.3. The monoisotopic (exact) mass is 541 g/mol. The highest BCUT2D eigenvalue weighted by Gasteiger charge is 2.26. The molecule has 2 N–H and O–H groups in total. The van der Waals surface area contributed by atoms with Crippen LogP contribution in [0.3, 0.4) is 0 Å². The molecule has 4 heterocycles. The smallest absolute Gasteiger partial charge is 0.266 e. The van der Waals surface area contributed by atoms with Gasteiger partial charge in [-0.25, -0.2) is 22.7 Å². The Kier molecular flexibility index (Phi) is 7.00. The number of hydrogen-bond donors (Lipinski definition) is 2. The predicted molar refractivity (Wildman–Crippen MR) is 135 cm³/mol. The zero-order chi connectivity index (χ0) is 27.9. The van der Waals surface area contributed by atoms with Crippen molar-refractivity contribution in [1.29, 1.82) is 0 Å². The Morgan fingerprint density at radius 2 is 2.00 bits per heavy atom. The van der Waals surface area contributed by atoms with Crippen molar-refractivity contribution in [2.75, 3.05) is 20.3 Å². The second kappa shape index (κ2) is 10.3. The van der Waals surface area contributed by atoms with E-state index in [2.05, 4.69) is 20.4 Å². The normalized spacial score (nSPS) is 15.7. The average molecular weight is 542 g/mol. The fourth-order valence-corrected chi connectivity index (χ4v) is 4.32. The number of halogens is 3. The van der Waals surface area contributed by atoms with E-state index in [4.69, 9.17) is 9.47 Å². The van der Waals surface area contributed by atoms with Gasteiger partial charge >= 0.3 is 0 Å². The lowest BCUT2D eigenvalue weighted by Gasteiger charge is -2.18. The summed E-state index contributed by atoms with van der Waals surface area (Å²) in [5.74, 6) is -1.65. The van der Waals surface area contributed by atoms with Crippen molar-refractivity contribution in [3.8, 4) is 28.3 Å². The number of nitrogens with zero attached hydrogens (tertiary/aromatic N) is 4. The maximum absolute atomic E-state index is 15.3. The van der Waals surface area contributed by atoms with Crippen LogP contribution < -0.4 is 10.1 Å². The zero-order valence-electron chi connectivity index (χ0n) is 21.4. The molecule has 204 valence electrons. The minimum atomic E-state index is -3.15. The number of alkyl halides is 2. The van der Waals surface area contributed by atoms with Crippen LogP contribution in [-0.2, 0) is 10.3 Å². The minimum Gasteiger partial charge on any atom is -0.470 e. The molecule has 0 aliphatic carbocycles. The first-order valence-corrected chi connectivity index (χ1v) is 12.2. The van der Waals surface area contributed by atoms with Gasteiger partial charge in [-0.05, 0) is 38.1 Å². The van der Waals surface area contributed by atoms with Crippen LogP contribution in [0.1, 0.15) is 48.3 Å². The van der Waals surface area contributed by atoms with Gasteiger partial charge in [-0.2, -0.15) is 0 Å². The third kappa shape index (κ3) is 5.17. The van der Waals surface area contributed by atoms with E-state index in [1.54, 1.807) is 38.2 Å². The highest BCUT2D eigenvalue weighted by molar-refractivity contribution is 5.95. The number of pyridine rings is 1. The quantitative estimate of drug-likeness (QED) is 0.359. The molecule has 1 amide bonds. The number of aromatic nitrogens is 4. The standard InChI is InChI=1S/C27H26F3N5O4/c1-27(2,37)21-5-4-14(11-32-21)17-10-22-33-12-20(35(22)34-26(17)39-16-6-7-38-13-16)18-8-15(25(36)31-3)9-19(23(18)28)24(29)30/h4-5,8-12,16,24,37H,6-7,13H2,1-3H3,(H,31,36). The van der Waals surface area contributed by atoms with Crippen LogP contribution >= 0.6 is 0 Å². The summed E-state index contributed by atoms with van der Waals surface area (Å²) in [6, 6.07) is 7.12. The first kappa shape index (κ1) is 26.6. The highest BCUT2D eigenvalue weighted by atomic mass is 19.3. The van der Waals surface area contributed by atoms with Crippen LogP contribution in [0.2, 0.25) is 0 Å². The third-order valence-corrected chi connectivity index (χ3v) is 6.43. The molecule has 39 heavy (non-hydrogen) atoms. The lowest BCUT2D eigenvalue weighted by molar-refractivity contribution is 0.0738. The van der Waals surface area contributed by atoms with Crippen LogP contribution in [0.5, 0.6) is 5.88 Å². The fraction of sp³-hybridized carbons (Fsp3) is 0.333. The molecule has 1 unspecified atom stereocenters. The minimum absolute atomic E-state index is 0.0599. The van der Waals surface area contributed by atoms with Gasteiger partial charge in [0.2, 0.25) is 5.88 Å². The number of hydrogen-bond acceptors (Lipinski definition) is 7. The highest BCUT2D eigenvalue weighted by Crippen LogP contribution is 2.35. The molecule has 1 aliphatic heterocycles. The van der Waals surface area contributed by atoms with Gasteiger partial charge in [-0.15, -0.1) is 5.10 Å². The van der Waals surface area contributed by atoms with Gasteiger partial charge in [-0.1, -0.05) is 6.07 Å². The number of carbonyl (C=O) groups is 1. The average Bonchev–Trinajstić information content (AvgIpc) is 3.57. The molecule has 1 fully saturated rings. The van der Waals surface area contributed by atoms with Crippen molar-refractivity contribution in [2.45, 2.75) is 38.4 Å². The first-order chi connectivity index (χ1) is 18.6. The van der Waals surface area contributed by atoms with Gasteiger partial charge in [0.25, 0.3) is 12.3 Å². The molecule has 1 saturated heterocycles. The summed E-state index contributed by atoms with van der Waals surface area (Å²) in [6.07, 6.45) is 0.0675. The Morgan fingerprint density at radius 3 is 2.62 bits per heavy atom. The zero-order valence-corrected chi connectivity index (χ0v) is 21.4. The molecule has 0 bridgehead atoms. The number of imidazole rings is 1. The molecule has 9 nitrogen and oxygen atoms in total. The summed E-state index contributed by atoms with van der Waals surface area (Å²) < 4.78 is 55.5. The van der Waals surface area contributed by atoms with Crippen molar-refractivity contribution in [1.82, 2.24) is 24.9 Å². The predicted octanol–water partition coefficient (Wildman–Crippen LogP) is 4.29. The summed E-state index contributed by atoms with van der Waals surface area (Å²) in [5, 5.41) is 17.2. The largest absolute Gasteiger partial charge is 0.470 e. The molecule has 4 aromatic rings. The molecule has 1 atom stereocenters. The van der Waals surface area contributed by atoms with Crippen LogP contribution in [0.4, 0.5) is 13.2 Å². The van der Waals surface area contributed by atoms with Crippen molar-refractivity contribution in [2.24, 2.45) is 0 Å². The van der Waals surface area contributed by atoms with E-state index < -0.39 is 29.3 Å². The molecule has 0 radical (unpaired) electrons. The van der Waals surface area contributed by atoms with Crippen LogP contribution in [0.15, 0.2) is 42.7 Å². The van der Waals surface area contributed by atoms with E-state index in [-0.39, 0.29) is 34.5 Å². The number of carbonyl (C=O) groups excluding carboxylic acids is 1. The summed E-state index contributed by atoms with van der Waals surface area (Å²) >= 11 is 0. The first-order valence-electron chi connectivity index (χ1n) is 12.2. The second-order valence-electron chi connectivity index (χ2n) is 9.68. The van der Waals surface area contributed by atoms with Gasteiger partial charge in [0.15, 0.2) is 5.65 Å². The molecule has 12 heteroatoms. The SMILES string of the molecule is CNC(=O)c1cc(-c2cnc3cc(-c4ccc(C(C)(C)O)nc4)c(OC4CCOC4)nn23)c(F)c(C(F)F)c1. The van der Waals surface area contributed by atoms with Crippen molar-refractivity contribution >= 4 is 11.6 Å². The van der Waals surface area contributed by atoms with Gasteiger partial charge < -0.3 is 19.9 Å². The van der Waals surface area contributed by atoms with Crippen molar-refractivity contribution in [3.05, 3.63) is 65.4 Å². The molecule has 1 aromatic carbocycles. The Labute approximate surface area is 221 Å². The van der Waals surface area contributed by atoms with Gasteiger partial charge in [0.1, 0.15) is 17.5 Å². The molecule has 5 rings (SSSR count). The topological polar surface area (TPSA) is 111 Å². The Morgan fingerprint density at radius 1 is 1.21 bits per heavy atom. The Hall–Kier alpha value is -4.03. The van der Waals surface area contributed by atoms with Crippen molar-refractivity contribution < 1.29 is 32.5 Å². The van der Waals surface area contributed by atoms with Gasteiger partial charge in [0.05, 0.1) is 41.9 Å². The number of benzene rings is 1. The summed E-state index contributed by atoms with van der Waals surface area (Å²) in [4.78, 5) is 20.9.